The van der Waals surface area contributed by atoms with E-state index in [1.807, 2.05) is 35.2 Å². The van der Waals surface area contributed by atoms with E-state index in [0.717, 1.165) is 16.6 Å². The van der Waals surface area contributed by atoms with E-state index in [-0.39, 0.29) is 23.8 Å². The lowest BCUT2D eigenvalue weighted by molar-refractivity contribution is -0.132. The summed E-state index contributed by atoms with van der Waals surface area (Å²) in [6.07, 6.45) is 3.12. The third kappa shape index (κ3) is 3.49. The predicted octanol–water partition coefficient (Wildman–Crippen LogP) is 2.06. The van der Waals surface area contributed by atoms with E-state index in [4.69, 9.17) is 0 Å². The van der Waals surface area contributed by atoms with E-state index in [1.165, 1.54) is 11.1 Å². The fourth-order valence-electron chi connectivity index (χ4n) is 4.29. The second-order valence-electron chi connectivity index (χ2n) is 7.84. The summed E-state index contributed by atoms with van der Waals surface area (Å²) in [5, 5.41) is 14.2. The number of nitrogens with one attached hydrogen (secondary N) is 3. The van der Waals surface area contributed by atoms with Gasteiger partial charge in [-0.3, -0.25) is 14.7 Å². The fraction of sp³-hybridized carbons (Fsp3) is 0.318. The van der Waals surface area contributed by atoms with Crippen LogP contribution in [0.2, 0.25) is 0 Å². The molecule has 3 heterocycles. The van der Waals surface area contributed by atoms with Crippen molar-refractivity contribution < 1.29 is 9.59 Å². The highest BCUT2D eigenvalue weighted by atomic mass is 16.2. The Morgan fingerprint density at radius 2 is 2.00 bits per heavy atom. The minimum absolute atomic E-state index is 0.0370. The Hall–Kier alpha value is -3.19. The number of aromatic nitrogens is 2. The van der Waals surface area contributed by atoms with Crippen LogP contribution in [0.15, 0.2) is 48.7 Å². The molecule has 7 heteroatoms. The van der Waals surface area contributed by atoms with Gasteiger partial charge in [0.25, 0.3) is 0 Å². The molecule has 7 nitrogen and oxygen atoms in total. The Morgan fingerprint density at radius 3 is 2.90 bits per heavy atom. The zero-order valence-electron chi connectivity index (χ0n) is 16.0. The summed E-state index contributed by atoms with van der Waals surface area (Å²) in [4.78, 5) is 27.5. The molecule has 3 aromatic rings. The second kappa shape index (κ2) is 7.33. The van der Waals surface area contributed by atoms with Crippen LogP contribution in [-0.2, 0) is 22.6 Å². The van der Waals surface area contributed by atoms with Crippen LogP contribution in [0.4, 0.5) is 5.69 Å². The first-order chi connectivity index (χ1) is 14.2. The van der Waals surface area contributed by atoms with Gasteiger partial charge in [0.15, 0.2) is 0 Å². The summed E-state index contributed by atoms with van der Waals surface area (Å²) in [6, 6.07) is 13.7. The normalized spacial score (nSPS) is 21.2. The summed E-state index contributed by atoms with van der Waals surface area (Å²) in [7, 11) is 0. The molecule has 0 bridgehead atoms. The number of nitrogens with zero attached hydrogens (tertiary/aromatic N) is 2. The number of hydrogen-bond acceptors (Lipinski definition) is 4. The number of anilines is 1. The highest BCUT2D eigenvalue weighted by Gasteiger charge is 2.35. The van der Waals surface area contributed by atoms with Gasteiger partial charge >= 0.3 is 0 Å². The maximum Gasteiger partial charge on any atom is 0.240 e. The monoisotopic (exact) mass is 389 g/mol. The van der Waals surface area contributed by atoms with Crippen LogP contribution >= 0.6 is 0 Å². The summed E-state index contributed by atoms with van der Waals surface area (Å²) in [5.41, 5.74) is 4.17. The minimum atomic E-state index is -0.213. The average molecular weight is 389 g/mol. The fourth-order valence-corrected chi connectivity index (χ4v) is 4.29. The SMILES string of the molecule is O=C(Nc1ccc2[nH]ncc2c1)C1CCN(C(=O)[C@H]2Cc3ccccc3CN2)C1. The molecule has 1 fully saturated rings. The molecule has 5 rings (SSSR count). The van der Waals surface area contributed by atoms with Crippen molar-refractivity contribution >= 4 is 28.4 Å². The first kappa shape index (κ1) is 17.9. The van der Waals surface area contributed by atoms with E-state index in [1.54, 1.807) is 6.20 Å². The Balaban J connectivity index is 1.20. The number of hydrogen-bond donors (Lipinski definition) is 3. The molecule has 1 saturated heterocycles. The lowest BCUT2D eigenvalue weighted by atomic mass is 9.95. The number of likely N-dealkylation sites (tertiary alicyclic amines) is 1. The van der Waals surface area contributed by atoms with Crippen molar-refractivity contribution in [1.29, 1.82) is 0 Å². The van der Waals surface area contributed by atoms with Gasteiger partial charge in [0.2, 0.25) is 11.8 Å². The number of fused-ring (bicyclic) bond motifs is 2. The third-order valence-corrected chi connectivity index (χ3v) is 5.96. The predicted molar refractivity (Wildman–Crippen MR) is 110 cm³/mol. The molecular formula is C22H23N5O2. The summed E-state index contributed by atoms with van der Waals surface area (Å²) < 4.78 is 0. The van der Waals surface area contributed by atoms with E-state index in [9.17, 15) is 9.59 Å². The molecule has 2 aromatic carbocycles. The number of carbonyl (C=O) groups is 2. The molecule has 29 heavy (non-hydrogen) atoms. The quantitative estimate of drug-likeness (QED) is 0.640. The number of aromatic amines is 1. The average Bonchev–Trinajstić information content (AvgIpc) is 3.42. The molecule has 0 radical (unpaired) electrons. The first-order valence-electron chi connectivity index (χ1n) is 10.0. The Bertz CT molecular complexity index is 1080. The van der Waals surface area contributed by atoms with E-state index in [0.29, 0.717) is 32.5 Å². The van der Waals surface area contributed by atoms with Crippen LogP contribution in [0, 0.1) is 5.92 Å². The van der Waals surface area contributed by atoms with Gasteiger partial charge in [0.05, 0.1) is 23.7 Å². The highest BCUT2D eigenvalue weighted by molar-refractivity contribution is 5.95. The summed E-state index contributed by atoms with van der Waals surface area (Å²) >= 11 is 0. The van der Waals surface area contributed by atoms with Crippen molar-refractivity contribution in [3.05, 3.63) is 59.8 Å². The molecule has 2 aliphatic heterocycles. The number of carbonyl (C=O) groups excluding carboxylic acids is 2. The van der Waals surface area contributed by atoms with Gasteiger partial charge in [-0.2, -0.15) is 5.10 Å². The van der Waals surface area contributed by atoms with Crippen molar-refractivity contribution in [3.8, 4) is 0 Å². The van der Waals surface area contributed by atoms with Gasteiger partial charge in [-0.05, 0) is 42.2 Å². The van der Waals surface area contributed by atoms with Crippen molar-refractivity contribution in [2.45, 2.75) is 25.4 Å². The van der Waals surface area contributed by atoms with Crippen molar-refractivity contribution in [1.82, 2.24) is 20.4 Å². The number of H-pyrrole nitrogens is 1. The van der Waals surface area contributed by atoms with Crippen LogP contribution in [-0.4, -0.2) is 46.0 Å². The van der Waals surface area contributed by atoms with E-state index in [2.05, 4.69) is 33.0 Å². The molecule has 0 saturated carbocycles. The Labute approximate surface area is 168 Å². The largest absolute Gasteiger partial charge is 0.341 e. The summed E-state index contributed by atoms with van der Waals surface area (Å²) in [6.45, 7) is 1.80. The van der Waals surface area contributed by atoms with Crippen molar-refractivity contribution in [2.24, 2.45) is 5.92 Å². The molecule has 148 valence electrons. The maximum absolute atomic E-state index is 13.0. The summed E-state index contributed by atoms with van der Waals surface area (Å²) in [5.74, 6) is -0.130. The molecule has 0 spiro atoms. The smallest absolute Gasteiger partial charge is 0.240 e. The van der Waals surface area contributed by atoms with E-state index >= 15 is 0 Å². The lowest BCUT2D eigenvalue weighted by Gasteiger charge is -2.29. The van der Waals surface area contributed by atoms with Gasteiger partial charge < -0.3 is 15.5 Å². The van der Waals surface area contributed by atoms with Gasteiger partial charge in [-0.15, -0.1) is 0 Å². The third-order valence-electron chi connectivity index (χ3n) is 5.96. The number of benzene rings is 2. The molecule has 2 amide bonds. The van der Waals surface area contributed by atoms with Crippen molar-refractivity contribution in [2.75, 3.05) is 18.4 Å². The van der Waals surface area contributed by atoms with Crippen LogP contribution in [0.5, 0.6) is 0 Å². The van der Waals surface area contributed by atoms with Gasteiger partial charge in [0, 0.05) is 30.7 Å². The molecule has 0 aliphatic carbocycles. The highest BCUT2D eigenvalue weighted by Crippen LogP contribution is 2.23. The van der Waals surface area contributed by atoms with Gasteiger partial charge in [-0.1, -0.05) is 24.3 Å². The van der Waals surface area contributed by atoms with Crippen LogP contribution in [0.25, 0.3) is 10.9 Å². The Morgan fingerprint density at radius 1 is 1.14 bits per heavy atom. The standard InChI is InChI=1S/C22H23N5O2/c28-21(25-18-5-6-19-17(9-18)12-24-26-19)16-7-8-27(13-16)22(29)20-10-14-3-1-2-4-15(14)11-23-20/h1-6,9,12,16,20,23H,7-8,10-11,13H2,(H,24,26)(H,25,28)/t16?,20-/m1/s1. The van der Waals surface area contributed by atoms with Crippen LogP contribution in [0.3, 0.4) is 0 Å². The molecule has 1 aromatic heterocycles. The molecule has 2 atom stereocenters. The lowest BCUT2D eigenvalue weighted by Crippen LogP contribution is -2.49. The van der Waals surface area contributed by atoms with Crippen molar-refractivity contribution in [3.63, 3.8) is 0 Å². The van der Waals surface area contributed by atoms with Crippen LogP contribution in [0.1, 0.15) is 17.5 Å². The zero-order valence-corrected chi connectivity index (χ0v) is 16.0. The minimum Gasteiger partial charge on any atom is -0.341 e. The first-order valence-corrected chi connectivity index (χ1v) is 10.0. The Kier molecular flexibility index (Phi) is 4.52. The number of amides is 2. The van der Waals surface area contributed by atoms with Gasteiger partial charge in [0.1, 0.15) is 0 Å². The molecule has 3 N–H and O–H groups in total. The molecule has 2 aliphatic rings. The maximum atomic E-state index is 13.0. The van der Waals surface area contributed by atoms with Gasteiger partial charge in [-0.25, -0.2) is 0 Å². The zero-order chi connectivity index (χ0) is 19.8. The van der Waals surface area contributed by atoms with Crippen LogP contribution < -0.4 is 10.6 Å². The number of rotatable bonds is 3. The topological polar surface area (TPSA) is 90.1 Å². The molecule has 1 unspecified atom stereocenters. The second-order valence-corrected chi connectivity index (χ2v) is 7.84. The molecular weight excluding hydrogens is 366 g/mol. The van der Waals surface area contributed by atoms with E-state index < -0.39 is 0 Å².